The van der Waals surface area contributed by atoms with Crippen LogP contribution in [0.5, 0.6) is 0 Å². The standard InChI is InChI=1S/C20H16BrF4NO2/c21-15-4-1-11(2-5-15)12-7-13(9-16(27)8-12)19(28)26-18-6-3-14(10-17(18)22)20(23,24)25/h1-6,10,12-13H,7-9H2,(H,26,28). The average Bonchev–Trinajstić information content (AvgIpc) is 2.62. The van der Waals surface area contributed by atoms with Crippen molar-refractivity contribution < 1.29 is 27.2 Å². The fraction of sp³-hybridized carbons (Fsp3) is 0.300. The molecule has 0 aliphatic heterocycles. The van der Waals surface area contributed by atoms with Crippen LogP contribution in [0.2, 0.25) is 0 Å². The Morgan fingerprint density at radius 2 is 1.75 bits per heavy atom. The smallest absolute Gasteiger partial charge is 0.323 e. The molecule has 0 heterocycles. The van der Waals surface area contributed by atoms with Gasteiger partial charge < -0.3 is 5.32 Å². The summed E-state index contributed by atoms with van der Waals surface area (Å²) in [6.07, 6.45) is -3.92. The summed E-state index contributed by atoms with van der Waals surface area (Å²) >= 11 is 3.34. The third-order valence-electron chi connectivity index (χ3n) is 4.78. The molecule has 1 fully saturated rings. The normalized spacial score (nSPS) is 20.1. The number of rotatable bonds is 3. The molecular weight excluding hydrogens is 442 g/mol. The molecule has 148 valence electrons. The highest BCUT2D eigenvalue weighted by Gasteiger charge is 2.34. The number of hydrogen-bond donors (Lipinski definition) is 1. The molecule has 28 heavy (non-hydrogen) atoms. The zero-order valence-electron chi connectivity index (χ0n) is 14.5. The molecule has 0 saturated heterocycles. The summed E-state index contributed by atoms with van der Waals surface area (Å²) in [5.41, 5.74) is -0.544. The summed E-state index contributed by atoms with van der Waals surface area (Å²) in [5, 5.41) is 2.32. The van der Waals surface area contributed by atoms with Crippen LogP contribution in [-0.4, -0.2) is 11.7 Å². The molecule has 2 aromatic carbocycles. The second-order valence-electron chi connectivity index (χ2n) is 6.81. The molecule has 3 rings (SSSR count). The van der Waals surface area contributed by atoms with E-state index < -0.39 is 29.4 Å². The first-order valence-corrected chi connectivity index (χ1v) is 9.37. The van der Waals surface area contributed by atoms with Crippen LogP contribution in [0.3, 0.4) is 0 Å². The van der Waals surface area contributed by atoms with Crippen LogP contribution < -0.4 is 5.32 Å². The Hall–Kier alpha value is -2.22. The lowest BCUT2D eigenvalue weighted by Crippen LogP contribution is -2.31. The van der Waals surface area contributed by atoms with Gasteiger partial charge in [0.15, 0.2) is 0 Å². The van der Waals surface area contributed by atoms with E-state index >= 15 is 0 Å². The van der Waals surface area contributed by atoms with E-state index in [-0.39, 0.29) is 23.8 Å². The monoisotopic (exact) mass is 457 g/mol. The number of carbonyl (C=O) groups is 2. The maximum atomic E-state index is 14.0. The minimum absolute atomic E-state index is 0.0289. The maximum absolute atomic E-state index is 14.0. The van der Waals surface area contributed by atoms with Gasteiger partial charge in [0.2, 0.25) is 5.91 Å². The van der Waals surface area contributed by atoms with Gasteiger partial charge in [-0.25, -0.2) is 4.39 Å². The van der Waals surface area contributed by atoms with E-state index in [0.29, 0.717) is 25.0 Å². The van der Waals surface area contributed by atoms with Crippen molar-refractivity contribution >= 4 is 33.3 Å². The van der Waals surface area contributed by atoms with Crippen molar-refractivity contribution in [1.82, 2.24) is 0 Å². The molecular formula is C20H16BrF4NO2. The number of hydrogen-bond acceptors (Lipinski definition) is 2. The van der Waals surface area contributed by atoms with Crippen molar-refractivity contribution in [3.05, 3.63) is 63.9 Å². The lowest BCUT2D eigenvalue weighted by molar-refractivity contribution is -0.137. The van der Waals surface area contributed by atoms with E-state index in [0.717, 1.165) is 16.1 Å². The van der Waals surface area contributed by atoms with Crippen LogP contribution in [0.1, 0.15) is 36.3 Å². The van der Waals surface area contributed by atoms with Crippen LogP contribution in [-0.2, 0) is 15.8 Å². The molecule has 0 radical (unpaired) electrons. The van der Waals surface area contributed by atoms with Gasteiger partial charge in [-0.15, -0.1) is 0 Å². The number of anilines is 1. The number of Topliss-reactive ketones (excluding diaryl/α,β-unsaturated/α-hetero) is 1. The van der Waals surface area contributed by atoms with Crippen molar-refractivity contribution in [1.29, 1.82) is 0 Å². The Morgan fingerprint density at radius 1 is 1.07 bits per heavy atom. The Morgan fingerprint density at radius 3 is 2.36 bits per heavy atom. The Balaban J connectivity index is 1.73. The Kier molecular flexibility index (Phi) is 5.88. The van der Waals surface area contributed by atoms with Crippen LogP contribution in [0.15, 0.2) is 46.9 Å². The van der Waals surface area contributed by atoms with Crippen molar-refractivity contribution in [2.75, 3.05) is 5.32 Å². The van der Waals surface area contributed by atoms with Crippen molar-refractivity contribution in [3.8, 4) is 0 Å². The van der Waals surface area contributed by atoms with E-state index in [2.05, 4.69) is 21.2 Å². The van der Waals surface area contributed by atoms with Crippen molar-refractivity contribution in [2.24, 2.45) is 5.92 Å². The number of carbonyl (C=O) groups excluding carboxylic acids is 2. The van der Waals surface area contributed by atoms with Gasteiger partial charge in [0.25, 0.3) is 0 Å². The summed E-state index contributed by atoms with van der Waals surface area (Å²) in [4.78, 5) is 24.6. The summed E-state index contributed by atoms with van der Waals surface area (Å²) in [5.74, 6) is -2.63. The molecule has 0 aromatic heterocycles. The van der Waals surface area contributed by atoms with E-state index in [1.807, 2.05) is 24.3 Å². The molecule has 2 atom stereocenters. The number of ketones is 1. The number of benzene rings is 2. The largest absolute Gasteiger partial charge is 0.416 e. The van der Waals surface area contributed by atoms with Crippen LogP contribution in [0, 0.1) is 11.7 Å². The van der Waals surface area contributed by atoms with Gasteiger partial charge in [0.1, 0.15) is 11.6 Å². The highest BCUT2D eigenvalue weighted by Crippen LogP contribution is 2.36. The topological polar surface area (TPSA) is 46.2 Å². The predicted octanol–water partition coefficient (Wildman–Crippen LogP) is 5.70. The van der Waals surface area contributed by atoms with Gasteiger partial charge in [0, 0.05) is 23.2 Å². The van der Waals surface area contributed by atoms with E-state index in [1.54, 1.807) is 0 Å². The summed E-state index contributed by atoms with van der Waals surface area (Å²) in [7, 11) is 0. The average molecular weight is 458 g/mol. The van der Waals surface area contributed by atoms with Crippen molar-refractivity contribution in [2.45, 2.75) is 31.4 Å². The molecule has 1 aliphatic rings. The quantitative estimate of drug-likeness (QED) is 0.601. The lowest BCUT2D eigenvalue weighted by Gasteiger charge is -2.28. The zero-order chi connectivity index (χ0) is 20.5. The Labute approximate surface area is 167 Å². The molecule has 0 bridgehead atoms. The van der Waals surface area contributed by atoms with E-state index in [9.17, 15) is 27.2 Å². The zero-order valence-corrected chi connectivity index (χ0v) is 16.1. The molecule has 8 heteroatoms. The fourth-order valence-electron chi connectivity index (χ4n) is 3.36. The third-order valence-corrected chi connectivity index (χ3v) is 5.31. The highest BCUT2D eigenvalue weighted by atomic mass is 79.9. The van der Waals surface area contributed by atoms with Gasteiger partial charge in [-0.05, 0) is 48.2 Å². The van der Waals surface area contributed by atoms with Crippen molar-refractivity contribution in [3.63, 3.8) is 0 Å². The van der Waals surface area contributed by atoms with E-state index in [1.165, 1.54) is 0 Å². The maximum Gasteiger partial charge on any atom is 0.416 e. The first-order chi connectivity index (χ1) is 13.1. The third kappa shape index (κ3) is 4.79. The molecule has 1 N–H and O–H groups in total. The highest BCUT2D eigenvalue weighted by molar-refractivity contribution is 9.10. The summed E-state index contributed by atoms with van der Waals surface area (Å²) in [6, 6.07) is 9.37. The van der Waals surface area contributed by atoms with Gasteiger partial charge in [-0.1, -0.05) is 28.1 Å². The summed E-state index contributed by atoms with van der Waals surface area (Å²) in [6.45, 7) is 0. The van der Waals surface area contributed by atoms with Gasteiger partial charge >= 0.3 is 6.18 Å². The van der Waals surface area contributed by atoms with Crippen LogP contribution >= 0.6 is 15.9 Å². The number of alkyl halides is 3. The molecule has 2 aromatic rings. The Bertz CT molecular complexity index is 896. The molecule has 1 amide bonds. The number of nitrogens with one attached hydrogen (secondary N) is 1. The molecule has 1 aliphatic carbocycles. The van der Waals surface area contributed by atoms with Gasteiger partial charge in [-0.2, -0.15) is 13.2 Å². The minimum atomic E-state index is -4.67. The number of halogens is 5. The predicted molar refractivity (Wildman–Crippen MR) is 99.3 cm³/mol. The molecule has 3 nitrogen and oxygen atoms in total. The first-order valence-electron chi connectivity index (χ1n) is 8.58. The lowest BCUT2D eigenvalue weighted by atomic mass is 9.77. The second kappa shape index (κ2) is 8.03. The molecule has 0 spiro atoms. The van der Waals surface area contributed by atoms with Gasteiger partial charge in [0.05, 0.1) is 11.3 Å². The van der Waals surface area contributed by atoms with Crippen LogP contribution in [0.4, 0.5) is 23.2 Å². The minimum Gasteiger partial charge on any atom is -0.323 e. The van der Waals surface area contributed by atoms with Gasteiger partial charge in [-0.3, -0.25) is 9.59 Å². The first kappa shape index (κ1) is 20.5. The number of amides is 1. The van der Waals surface area contributed by atoms with Crippen LogP contribution in [0.25, 0.3) is 0 Å². The molecule has 1 saturated carbocycles. The van der Waals surface area contributed by atoms with E-state index in [4.69, 9.17) is 0 Å². The SMILES string of the molecule is O=C1CC(C(=O)Nc2ccc(C(F)(F)F)cc2F)CC(c2ccc(Br)cc2)C1. The fourth-order valence-corrected chi connectivity index (χ4v) is 3.62. The summed E-state index contributed by atoms with van der Waals surface area (Å²) < 4.78 is 52.8. The second-order valence-corrected chi connectivity index (χ2v) is 7.73. The molecule has 2 unspecified atom stereocenters.